The monoisotopic (exact) mass is 456 g/mol. The highest BCUT2D eigenvalue weighted by molar-refractivity contribution is 7.89. The van der Waals surface area contributed by atoms with E-state index < -0.39 is 10.0 Å². The Morgan fingerprint density at radius 1 is 1.00 bits per heavy atom. The number of ether oxygens (including phenoxy) is 1. The van der Waals surface area contributed by atoms with Crippen LogP contribution < -0.4 is 10.1 Å². The number of piperidine rings is 1. The molecule has 2 fully saturated rings. The van der Waals surface area contributed by atoms with E-state index in [9.17, 15) is 13.2 Å². The maximum atomic E-state index is 13.4. The molecule has 0 bridgehead atoms. The number of para-hydroxylation sites is 1. The summed E-state index contributed by atoms with van der Waals surface area (Å²) in [4.78, 5) is 13.0. The zero-order chi connectivity index (χ0) is 22.6. The van der Waals surface area contributed by atoms with E-state index in [1.54, 1.807) is 24.3 Å². The average Bonchev–Trinajstić information content (AvgIpc) is 2.81. The number of carbonyl (C=O) groups excluding carboxylic acids is 1. The molecule has 1 aliphatic heterocycles. The third-order valence-corrected chi connectivity index (χ3v) is 8.33. The van der Waals surface area contributed by atoms with Crippen LogP contribution in [-0.4, -0.2) is 37.8 Å². The predicted octanol–water partition coefficient (Wildman–Crippen LogP) is 4.64. The number of hydrogen-bond donors (Lipinski definition) is 1. The summed E-state index contributed by atoms with van der Waals surface area (Å²) in [6, 6.07) is 14.5. The molecule has 1 saturated heterocycles. The fourth-order valence-corrected chi connectivity index (χ4v) is 6.15. The first-order valence-corrected chi connectivity index (χ1v) is 13.0. The summed E-state index contributed by atoms with van der Waals surface area (Å²) < 4.78 is 34.1. The van der Waals surface area contributed by atoms with Crippen LogP contribution in [0.1, 0.15) is 50.5 Å². The molecule has 1 aliphatic carbocycles. The van der Waals surface area contributed by atoms with Crippen molar-refractivity contribution in [1.29, 1.82) is 0 Å². The summed E-state index contributed by atoms with van der Waals surface area (Å²) in [5.74, 6) is 0.865. The van der Waals surface area contributed by atoms with Gasteiger partial charge in [0, 0.05) is 25.2 Å². The van der Waals surface area contributed by atoms with Crippen LogP contribution in [-0.2, 0) is 14.8 Å². The summed E-state index contributed by atoms with van der Waals surface area (Å²) in [6.07, 6.45) is 6.98. The Morgan fingerprint density at radius 3 is 2.56 bits per heavy atom. The molecule has 1 atom stereocenters. The van der Waals surface area contributed by atoms with Crippen LogP contribution in [0.2, 0.25) is 0 Å². The molecule has 1 amide bonds. The molecule has 1 N–H and O–H groups in total. The van der Waals surface area contributed by atoms with Crippen molar-refractivity contribution in [2.45, 2.75) is 62.8 Å². The second-order valence-electron chi connectivity index (χ2n) is 8.89. The van der Waals surface area contributed by atoms with Gasteiger partial charge in [-0.25, -0.2) is 8.42 Å². The molecule has 2 aliphatic rings. The van der Waals surface area contributed by atoms with Crippen LogP contribution in [0.4, 0.5) is 0 Å². The SMILES string of the molecule is Cc1ccccc1Oc1cccc(S(=O)(=O)N2CCC[C@H](C(=O)NC3CCCCC3)C2)c1. The molecule has 0 aromatic heterocycles. The number of nitrogens with zero attached hydrogens (tertiary/aromatic N) is 1. The topological polar surface area (TPSA) is 75.7 Å². The number of benzene rings is 2. The van der Waals surface area contributed by atoms with Crippen LogP contribution in [0.5, 0.6) is 11.5 Å². The van der Waals surface area contributed by atoms with Gasteiger partial charge in [0.2, 0.25) is 15.9 Å². The molecule has 1 saturated carbocycles. The molecule has 0 radical (unpaired) electrons. The summed E-state index contributed by atoms with van der Waals surface area (Å²) in [5, 5.41) is 3.16. The Labute approximate surface area is 191 Å². The van der Waals surface area contributed by atoms with Gasteiger partial charge in [-0.05, 0) is 56.4 Å². The number of hydrogen-bond acceptors (Lipinski definition) is 4. The second-order valence-corrected chi connectivity index (χ2v) is 10.8. The van der Waals surface area contributed by atoms with Gasteiger partial charge in [-0.15, -0.1) is 0 Å². The molecule has 2 aromatic carbocycles. The Kier molecular flexibility index (Phi) is 7.16. The van der Waals surface area contributed by atoms with Gasteiger partial charge in [-0.3, -0.25) is 4.79 Å². The molecule has 6 nitrogen and oxygen atoms in total. The van der Waals surface area contributed by atoms with Crippen LogP contribution in [0.3, 0.4) is 0 Å². The van der Waals surface area contributed by atoms with Gasteiger partial charge in [0.15, 0.2) is 0 Å². The zero-order valence-corrected chi connectivity index (χ0v) is 19.4. The fourth-order valence-electron chi connectivity index (χ4n) is 4.59. The number of carbonyl (C=O) groups is 1. The number of aryl methyl sites for hydroxylation is 1. The highest BCUT2D eigenvalue weighted by Gasteiger charge is 2.34. The lowest BCUT2D eigenvalue weighted by Crippen LogP contribution is -2.47. The van der Waals surface area contributed by atoms with Crippen LogP contribution in [0, 0.1) is 12.8 Å². The minimum atomic E-state index is -3.71. The summed E-state index contributed by atoms with van der Waals surface area (Å²) in [5.41, 5.74) is 0.976. The summed E-state index contributed by atoms with van der Waals surface area (Å²) in [6.45, 7) is 2.60. The van der Waals surface area contributed by atoms with E-state index in [0.29, 0.717) is 24.5 Å². The number of rotatable bonds is 6. The fraction of sp³-hybridized carbons (Fsp3) is 0.480. The van der Waals surface area contributed by atoms with Gasteiger partial charge in [-0.2, -0.15) is 4.31 Å². The second kappa shape index (κ2) is 10.0. The van der Waals surface area contributed by atoms with Gasteiger partial charge in [0.05, 0.1) is 10.8 Å². The van der Waals surface area contributed by atoms with Gasteiger partial charge in [0.1, 0.15) is 11.5 Å². The minimum Gasteiger partial charge on any atom is -0.457 e. The van der Waals surface area contributed by atoms with Crippen molar-refractivity contribution in [3.63, 3.8) is 0 Å². The molecule has 0 spiro atoms. The minimum absolute atomic E-state index is 0.00608. The number of nitrogens with one attached hydrogen (secondary N) is 1. The van der Waals surface area contributed by atoms with Crippen LogP contribution >= 0.6 is 0 Å². The van der Waals surface area contributed by atoms with Gasteiger partial charge in [0.25, 0.3) is 0 Å². The maximum absolute atomic E-state index is 13.4. The third-order valence-electron chi connectivity index (χ3n) is 6.47. The maximum Gasteiger partial charge on any atom is 0.243 e. The first-order valence-electron chi connectivity index (χ1n) is 11.6. The Morgan fingerprint density at radius 2 is 1.78 bits per heavy atom. The largest absolute Gasteiger partial charge is 0.457 e. The molecule has 2 aromatic rings. The Hall–Kier alpha value is -2.38. The molecule has 32 heavy (non-hydrogen) atoms. The van der Waals surface area contributed by atoms with E-state index in [4.69, 9.17) is 4.74 Å². The first-order chi connectivity index (χ1) is 15.4. The molecular weight excluding hydrogens is 424 g/mol. The Bertz CT molecular complexity index is 1050. The van der Waals surface area contributed by atoms with Crippen molar-refractivity contribution in [1.82, 2.24) is 9.62 Å². The quantitative estimate of drug-likeness (QED) is 0.687. The predicted molar refractivity (Wildman–Crippen MR) is 124 cm³/mol. The highest BCUT2D eigenvalue weighted by atomic mass is 32.2. The van der Waals surface area contributed by atoms with Crippen molar-refractivity contribution in [2.75, 3.05) is 13.1 Å². The summed E-state index contributed by atoms with van der Waals surface area (Å²) in [7, 11) is -3.71. The van der Waals surface area contributed by atoms with Crippen molar-refractivity contribution in [2.24, 2.45) is 5.92 Å². The van der Waals surface area contributed by atoms with Crippen molar-refractivity contribution in [3.05, 3.63) is 54.1 Å². The molecule has 7 heteroatoms. The number of amides is 1. The van der Waals surface area contributed by atoms with Crippen LogP contribution in [0.25, 0.3) is 0 Å². The van der Waals surface area contributed by atoms with E-state index in [2.05, 4.69) is 5.32 Å². The molecular formula is C25H32N2O4S. The van der Waals surface area contributed by atoms with Crippen molar-refractivity contribution in [3.8, 4) is 11.5 Å². The van der Waals surface area contributed by atoms with Gasteiger partial charge >= 0.3 is 0 Å². The molecule has 4 rings (SSSR count). The lowest BCUT2D eigenvalue weighted by molar-refractivity contribution is -0.127. The summed E-state index contributed by atoms with van der Waals surface area (Å²) >= 11 is 0. The Balaban J connectivity index is 1.45. The standard InChI is InChI=1S/C25H32N2O4S/c1-19-9-5-6-15-24(19)31-22-13-7-14-23(17-22)32(29,30)27-16-8-10-20(18-27)25(28)26-21-11-3-2-4-12-21/h5-7,9,13-15,17,20-21H,2-4,8,10-12,16,18H2,1H3,(H,26,28)/t20-/m0/s1. The lowest BCUT2D eigenvalue weighted by atomic mass is 9.93. The van der Waals surface area contributed by atoms with Crippen LogP contribution in [0.15, 0.2) is 53.4 Å². The number of sulfonamides is 1. The first kappa shape index (κ1) is 22.8. The normalized spacial score (nSPS) is 20.6. The van der Waals surface area contributed by atoms with E-state index in [1.165, 1.54) is 10.7 Å². The average molecular weight is 457 g/mol. The van der Waals surface area contributed by atoms with E-state index >= 15 is 0 Å². The van der Waals surface area contributed by atoms with E-state index in [0.717, 1.165) is 37.7 Å². The highest BCUT2D eigenvalue weighted by Crippen LogP contribution is 2.29. The smallest absolute Gasteiger partial charge is 0.243 e. The van der Waals surface area contributed by atoms with Crippen molar-refractivity contribution < 1.29 is 17.9 Å². The molecule has 1 heterocycles. The van der Waals surface area contributed by atoms with Crippen molar-refractivity contribution >= 4 is 15.9 Å². The van der Waals surface area contributed by atoms with E-state index in [-0.39, 0.29) is 29.3 Å². The van der Waals surface area contributed by atoms with Gasteiger partial charge < -0.3 is 10.1 Å². The van der Waals surface area contributed by atoms with E-state index in [1.807, 2.05) is 31.2 Å². The lowest BCUT2D eigenvalue weighted by Gasteiger charge is -2.32. The zero-order valence-electron chi connectivity index (χ0n) is 18.6. The third kappa shape index (κ3) is 5.33. The molecule has 0 unspecified atom stereocenters. The molecule has 172 valence electrons. The van der Waals surface area contributed by atoms with Gasteiger partial charge in [-0.1, -0.05) is 43.5 Å².